The Hall–Kier alpha value is -3.48. The summed E-state index contributed by atoms with van der Waals surface area (Å²) in [7, 11) is 0. The van der Waals surface area contributed by atoms with Crippen LogP contribution in [0, 0.1) is 0 Å². The van der Waals surface area contributed by atoms with E-state index < -0.39 is 17.9 Å². The molecule has 0 aliphatic rings. The van der Waals surface area contributed by atoms with Crippen molar-refractivity contribution in [3.63, 3.8) is 0 Å². The van der Waals surface area contributed by atoms with Crippen molar-refractivity contribution in [1.29, 1.82) is 0 Å². The number of hydrogen-bond donors (Lipinski definition) is 2. The number of carbonyl (C=O) groups is 2. The van der Waals surface area contributed by atoms with Gasteiger partial charge in [0.1, 0.15) is 17.2 Å². The number of phenols is 2. The van der Waals surface area contributed by atoms with Gasteiger partial charge in [-0.05, 0) is 43.3 Å². The number of phenolic OH excluding ortho intramolecular Hbond substituents is 2. The number of aromatic hydroxyl groups is 2. The molecule has 124 valence electrons. The first-order chi connectivity index (χ1) is 11.3. The zero-order chi connectivity index (χ0) is 17.7. The number of carbonyl (C=O) groups excluding carboxylic acids is 2. The Morgan fingerprint density at radius 3 is 1.88 bits per heavy atom. The molecule has 2 N–H and O–H groups in total. The van der Waals surface area contributed by atoms with Gasteiger partial charge in [0.25, 0.3) is 0 Å². The standard InChI is InChI=1S/C17H14O7/c1-10(2)16(20)22-11-3-5-12(6-4-11)23-17(21)24-13-7-8-14(18)15(19)9-13/h3-9,18-19H,1H2,2H3. The molecule has 0 aromatic heterocycles. The molecule has 0 unspecified atom stereocenters. The summed E-state index contributed by atoms with van der Waals surface area (Å²) < 4.78 is 14.8. The van der Waals surface area contributed by atoms with E-state index in [9.17, 15) is 19.8 Å². The molecule has 0 aliphatic heterocycles. The van der Waals surface area contributed by atoms with Gasteiger partial charge in [-0.1, -0.05) is 6.58 Å². The van der Waals surface area contributed by atoms with Crippen molar-refractivity contribution >= 4 is 12.1 Å². The second-order valence-electron chi connectivity index (χ2n) is 4.75. The van der Waals surface area contributed by atoms with Crippen LogP contribution < -0.4 is 14.2 Å². The van der Waals surface area contributed by atoms with Gasteiger partial charge >= 0.3 is 12.1 Å². The van der Waals surface area contributed by atoms with Gasteiger partial charge in [-0.3, -0.25) is 0 Å². The number of hydrogen-bond acceptors (Lipinski definition) is 7. The highest BCUT2D eigenvalue weighted by Crippen LogP contribution is 2.29. The van der Waals surface area contributed by atoms with Crippen LogP contribution in [0.2, 0.25) is 0 Å². The molecular formula is C17H14O7. The minimum atomic E-state index is -1.04. The first-order valence-corrected chi connectivity index (χ1v) is 6.74. The fraction of sp³-hybridized carbons (Fsp3) is 0.0588. The highest BCUT2D eigenvalue weighted by atomic mass is 16.7. The van der Waals surface area contributed by atoms with E-state index in [0.29, 0.717) is 0 Å². The molecular weight excluding hydrogens is 316 g/mol. The minimum absolute atomic E-state index is 0.00214. The number of benzene rings is 2. The van der Waals surface area contributed by atoms with Crippen molar-refractivity contribution in [2.45, 2.75) is 6.92 Å². The van der Waals surface area contributed by atoms with E-state index in [4.69, 9.17) is 14.2 Å². The lowest BCUT2D eigenvalue weighted by atomic mass is 10.3. The largest absolute Gasteiger partial charge is 0.519 e. The third kappa shape index (κ3) is 4.51. The van der Waals surface area contributed by atoms with E-state index in [1.165, 1.54) is 43.3 Å². The SMILES string of the molecule is C=C(C)C(=O)Oc1ccc(OC(=O)Oc2ccc(O)c(O)c2)cc1. The molecule has 0 atom stereocenters. The van der Waals surface area contributed by atoms with Crippen LogP contribution in [0.4, 0.5) is 4.79 Å². The predicted octanol–water partition coefficient (Wildman–Crippen LogP) is 3.16. The molecule has 0 amide bonds. The average Bonchev–Trinajstić information content (AvgIpc) is 2.52. The molecule has 2 rings (SSSR count). The third-order valence-corrected chi connectivity index (χ3v) is 2.73. The molecule has 7 nitrogen and oxygen atoms in total. The minimum Gasteiger partial charge on any atom is -0.504 e. The van der Waals surface area contributed by atoms with Crippen molar-refractivity contribution in [2.75, 3.05) is 0 Å². The Labute approximate surface area is 137 Å². The molecule has 0 saturated heterocycles. The lowest BCUT2D eigenvalue weighted by Gasteiger charge is -2.07. The molecule has 2 aromatic carbocycles. The van der Waals surface area contributed by atoms with Gasteiger partial charge in [0.05, 0.1) is 0 Å². The van der Waals surface area contributed by atoms with Crippen molar-refractivity contribution in [3.05, 3.63) is 54.6 Å². The van der Waals surface area contributed by atoms with Crippen LogP contribution in [0.1, 0.15) is 6.92 Å². The Kier molecular flexibility index (Phi) is 5.06. The number of rotatable bonds is 4. The molecule has 2 aromatic rings. The van der Waals surface area contributed by atoms with Crippen molar-refractivity contribution in [2.24, 2.45) is 0 Å². The van der Waals surface area contributed by atoms with Crippen LogP contribution in [0.5, 0.6) is 28.7 Å². The molecule has 0 saturated carbocycles. The second kappa shape index (κ2) is 7.19. The van der Waals surface area contributed by atoms with E-state index in [1.54, 1.807) is 0 Å². The topological polar surface area (TPSA) is 102 Å². The maximum absolute atomic E-state index is 11.6. The second-order valence-corrected chi connectivity index (χ2v) is 4.75. The molecule has 0 radical (unpaired) electrons. The van der Waals surface area contributed by atoms with Gasteiger partial charge in [0.15, 0.2) is 11.5 Å². The molecule has 0 aliphatic carbocycles. The first kappa shape index (κ1) is 16.9. The van der Waals surface area contributed by atoms with Crippen LogP contribution in [-0.4, -0.2) is 22.3 Å². The third-order valence-electron chi connectivity index (χ3n) is 2.73. The number of esters is 1. The highest BCUT2D eigenvalue weighted by molar-refractivity contribution is 5.88. The Balaban J connectivity index is 1.95. The van der Waals surface area contributed by atoms with Crippen molar-refractivity contribution in [1.82, 2.24) is 0 Å². The van der Waals surface area contributed by atoms with E-state index in [0.717, 1.165) is 6.07 Å². The van der Waals surface area contributed by atoms with Gasteiger partial charge in [0.2, 0.25) is 0 Å². The van der Waals surface area contributed by atoms with Crippen LogP contribution in [0.3, 0.4) is 0 Å². The van der Waals surface area contributed by atoms with Crippen LogP contribution in [-0.2, 0) is 4.79 Å². The summed E-state index contributed by atoms with van der Waals surface area (Å²) in [6.45, 7) is 4.99. The lowest BCUT2D eigenvalue weighted by molar-refractivity contribution is -0.130. The van der Waals surface area contributed by atoms with E-state index in [1.807, 2.05) is 0 Å². The molecule has 0 bridgehead atoms. The highest BCUT2D eigenvalue weighted by Gasteiger charge is 2.11. The van der Waals surface area contributed by atoms with Gasteiger partial charge in [0, 0.05) is 11.6 Å². The molecule has 0 heterocycles. The lowest BCUT2D eigenvalue weighted by Crippen LogP contribution is -2.13. The Bertz CT molecular complexity index is 778. The fourth-order valence-electron chi connectivity index (χ4n) is 1.55. The van der Waals surface area contributed by atoms with Crippen molar-refractivity contribution in [3.8, 4) is 28.7 Å². The number of ether oxygens (including phenoxy) is 3. The summed E-state index contributed by atoms with van der Waals surface area (Å²) in [4.78, 5) is 23.0. The van der Waals surface area contributed by atoms with Gasteiger partial charge in [-0.2, -0.15) is 0 Å². The van der Waals surface area contributed by atoms with Crippen molar-refractivity contribution < 1.29 is 34.0 Å². The smallest absolute Gasteiger partial charge is 0.504 e. The normalized spacial score (nSPS) is 9.88. The predicted molar refractivity (Wildman–Crippen MR) is 83.3 cm³/mol. The Morgan fingerprint density at radius 2 is 1.33 bits per heavy atom. The first-order valence-electron chi connectivity index (χ1n) is 6.74. The summed E-state index contributed by atoms with van der Waals surface area (Å²) in [5, 5.41) is 18.5. The fourth-order valence-corrected chi connectivity index (χ4v) is 1.55. The summed E-state index contributed by atoms with van der Waals surface area (Å²) in [6, 6.07) is 9.23. The molecule has 24 heavy (non-hydrogen) atoms. The van der Waals surface area contributed by atoms with E-state index >= 15 is 0 Å². The van der Waals surface area contributed by atoms with Gasteiger partial charge < -0.3 is 24.4 Å². The molecule has 0 fully saturated rings. The quantitative estimate of drug-likeness (QED) is 0.292. The maximum Gasteiger partial charge on any atom is 0.519 e. The van der Waals surface area contributed by atoms with E-state index in [2.05, 4.69) is 6.58 Å². The maximum atomic E-state index is 11.6. The summed E-state index contributed by atoms with van der Waals surface area (Å²) >= 11 is 0. The van der Waals surface area contributed by atoms with Crippen LogP contribution >= 0.6 is 0 Å². The van der Waals surface area contributed by atoms with E-state index in [-0.39, 0.29) is 28.6 Å². The molecule has 0 spiro atoms. The average molecular weight is 330 g/mol. The monoisotopic (exact) mass is 330 g/mol. The zero-order valence-corrected chi connectivity index (χ0v) is 12.7. The van der Waals surface area contributed by atoms with Crippen LogP contribution in [0.15, 0.2) is 54.6 Å². The zero-order valence-electron chi connectivity index (χ0n) is 12.7. The summed E-state index contributed by atoms with van der Waals surface area (Å²) in [5.74, 6) is -0.887. The molecule has 7 heteroatoms. The van der Waals surface area contributed by atoms with Gasteiger partial charge in [-0.15, -0.1) is 0 Å². The summed E-state index contributed by atoms with van der Waals surface area (Å²) in [6.07, 6.45) is -1.04. The van der Waals surface area contributed by atoms with Gasteiger partial charge in [-0.25, -0.2) is 9.59 Å². The Morgan fingerprint density at radius 1 is 0.833 bits per heavy atom. The summed E-state index contributed by atoms with van der Waals surface area (Å²) in [5.41, 5.74) is 0.260. The van der Waals surface area contributed by atoms with Crippen LogP contribution in [0.25, 0.3) is 0 Å².